The summed E-state index contributed by atoms with van der Waals surface area (Å²) in [7, 11) is 0. The van der Waals surface area contributed by atoms with E-state index >= 15 is 0 Å². The number of rotatable bonds is 6. The number of alkyl halides is 3. The Balaban J connectivity index is 0.985. The van der Waals surface area contributed by atoms with E-state index in [1.54, 1.807) is 44.4 Å². The maximum Gasteiger partial charge on any atom is 0.416 e. The lowest BCUT2D eigenvalue weighted by atomic mass is 9.82. The van der Waals surface area contributed by atoms with Crippen LogP contribution in [0.4, 0.5) is 24.5 Å². The molecule has 1 aliphatic carbocycles. The number of halogens is 3. The van der Waals surface area contributed by atoms with Crippen molar-refractivity contribution >= 4 is 40.9 Å². The Labute approximate surface area is 297 Å². The summed E-state index contributed by atoms with van der Waals surface area (Å²) in [4.78, 5) is 66.7. The van der Waals surface area contributed by atoms with Crippen molar-refractivity contribution in [1.82, 2.24) is 20.0 Å². The van der Waals surface area contributed by atoms with Crippen LogP contribution in [0.15, 0.2) is 48.8 Å². The van der Waals surface area contributed by atoms with Crippen molar-refractivity contribution in [2.45, 2.75) is 82.5 Å². The van der Waals surface area contributed by atoms with E-state index in [1.165, 1.54) is 16.8 Å². The highest BCUT2D eigenvalue weighted by Crippen LogP contribution is 2.40. The topological polar surface area (TPSA) is 134 Å². The van der Waals surface area contributed by atoms with Crippen LogP contribution >= 0.6 is 0 Å². The van der Waals surface area contributed by atoms with Crippen molar-refractivity contribution in [3.05, 3.63) is 76.6 Å². The molecular formula is C38H37F3N6O5. The largest absolute Gasteiger partial charge is 0.416 e. The third-order valence-electron chi connectivity index (χ3n) is 10.5. The first-order valence-electron chi connectivity index (χ1n) is 17.4. The summed E-state index contributed by atoms with van der Waals surface area (Å²) in [5, 5.41) is 9.46. The fourth-order valence-electron chi connectivity index (χ4n) is 7.30. The van der Waals surface area contributed by atoms with Crippen LogP contribution in [0.5, 0.6) is 0 Å². The Morgan fingerprint density at radius 1 is 0.942 bits per heavy atom. The van der Waals surface area contributed by atoms with Gasteiger partial charge in [-0.1, -0.05) is 31.1 Å². The Morgan fingerprint density at radius 2 is 1.67 bits per heavy atom. The maximum absolute atomic E-state index is 13.6. The van der Waals surface area contributed by atoms with Gasteiger partial charge in [0.25, 0.3) is 17.7 Å². The van der Waals surface area contributed by atoms with E-state index in [4.69, 9.17) is 0 Å². The number of hydrogen-bond donors (Lipinski definition) is 2. The van der Waals surface area contributed by atoms with Crippen LogP contribution in [0.2, 0.25) is 0 Å². The highest BCUT2D eigenvalue weighted by molar-refractivity contribution is 6.23. The highest BCUT2D eigenvalue weighted by Gasteiger charge is 2.45. The first kappa shape index (κ1) is 35.0. The number of amides is 5. The number of carbonyl (C=O) groups excluding carboxylic acids is 5. The molecule has 3 fully saturated rings. The van der Waals surface area contributed by atoms with Gasteiger partial charge in [0.1, 0.15) is 11.6 Å². The molecule has 11 nitrogen and oxygen atoms in total. The van der Waals surface area contributed by atoms with Crippen molar-refractivity contribution in [1.29, 1.82) is 0 Å². The van der Waals surface area contributed by atoms with E-state index in [0.717, 1.165) is 48.8 Å². The summed E-state index contributed by atoms with van der Waals surface area (Å²) < 4.78 is 42.2. The lowest BCUT2D eigenvalue weighted by molar-refractivity contribution is -0.138. The van der Waals surface area contributed by atoms with Gasteiger partial charge in [-0.3, -0.25) is 38.9 Å². The van der Waals surface area contributed by atoms with E-state index in [1.807, 2.05) is 4.90 Å². The Bertz CT molecular complexity index is 2050. The Hall–Kier alpha value is -5.45. The number of nitrogens with zero attached hydrogens (tertiary/aromatic N) is 4. The van der Waals surface area contributed by atoms with Gasteiger partial charge in [0, 0.05) is 37.1 Å². The zero-order valence-electron chi connectivity index (χ0n) is 28.7. The molecule has 2 N–H and O–H groups in total. The van der Waals surface area contributed by atoms with E-state index in [9.17, 15) is 37.1 Å². The fraction of sp³-hybridized carbons (Fsp3) is 0.421. The normalized spacial score (nSPS) is 19.9. The molecule has 14 heteroatoms. The second-order valence-electron chi connectivity index (χ2n) is 14.4. The third kappa shape index (κ3) is 6.55. The van der Waals surface area contributed by atoms with Gasteiger partial charge >= 0.3 is 6.18 Å². The average Bonchev–Trinajstić information content (AvgIpc) is 3.67. The van der Waals surface area contributed by atoms with Gasteiger partial charge in [0.2, 0.25) is 11.8 Å². The van der Waals surface area contributed by atoms with Gasteiger partial charge in [-0.05, 0) is 81.0 Å². The van der Waals surface area contributed by atoms with Gasteiger partial charge in [-0.15, -0.1) is 0 Å². The number of fused-ring (bicyclic) bond motifs is 1. The lowest BCUT2D eigenvalue weighted by Gasteiger charge is -2.38. The smallest absolute Gasteiger partial charge is 0.369 e. The van der Waals surface area contributed by atoms with Crippen molar-refractivity contribution < 1.29 is 37.1 Å². The SMILES string of the molecule is CC(C)(C(=O)Nc1ccc(C(F)(F)F)cc1C1CCCCC1)n1cc(C#CC2CN(c3ccc4c(c3)C(=O)N(C3CCC(=O)NC3=O)C4=O)C2)cn1. The van der Waals surface area contributed by atoms with Crippen LogP contribution in [0.25, 0.3) is 0 Å². The van der Waals surface area contributed by atoms with E-state index < -0.39 is 52.9 Å². The van der Waals surface area contributed by atoms with Gasteiger partial charge in [0.15, 0.2) is 0 Å². The number of piperidine rings is 1. The molecular weight excluding hydrogens is 677 g/mol. The standard InChI is InChI=1S/C38H37F3N6O5/c1-37(2,36(52)43-30-13-10-25(38(39,40)41)16-28(30)24-6-4-3-5-7-24)46-21-22(18-42-46)8-9-23-19-45(20-23)26-11-12-27-29(17-26)35(51)47(34(27)50)31-14-15-32(48)44-33(31)49/h10-13,16-18,21,23-24,31H,3-7,14-15,19-20H2,1-2H3,(H,43,52)(H,44,48,49). The molecule has 1 aromatic heterocycles. The molecule has 0 bridgehead atoms. The monoisotopic (exact) mass is 714 g/mol. The molecule has 270 valence electrons. The van der Waals surface area contributed by atoms with Crippen LogP contribution in [0, 0.1) is 17.8 Å². The summed E-state index contributed by atoms with van der Waals surface area (Å²) in [6.07, 6.45) is 3.32. The average molecular weight is 715 g/mol. The van der Waals surface area contributed by atoms with Crippen molar-refractivity contribution in [2.24, 2.45) is 5.92 Å². The minimum Gasteiger partial charge on any atom is -0.369 e. The first-order valence-corrected chi connectivity index (χ1v) is 17.4. The number of aromatic nitrogens is 2. The number of anilines is 2. The van der Waals surface area contributed by atoms with Crippen LogP contribution in [-0.4, -0.2) is 63.3 Å². The molecule has 0 radical (unpaired) electrons. The molecule has 4 aliphatic rings. The lowest BCUT2D eigenvalue weighted by Crippen LogP contribution is -2.54. The van der Waals surface area contributed by atoms with Gasteiger partial charge in [0.05, 0.1) is 34.4 Å². The van der Waals surface area contributed by atoms with Gasteiger partial charge in [-0.2, -0.15) is 18.3 Å². The molecule has 7 rings (SSSR count). The summed E-state index contributed by atoms with van der Waals surface area (Å²) in [5.74, 6) is 3.64. The predicted molar refractivity (Wildman–Crippen MR) is 183 cm³/mol. The highest BCUT2D eigenvalue weighted by atomic mass is 19.4. The minimum atomic E-state index is -4.48. The van der Waals surface area contributed by atoms with Crippen LogP contribution in [0.3, 0.4) is 0 Å². The quantitative estimate of drug-likeness (QED) is 0.265. The minimum absolute atomic E-state index is 0.00287. The number of imide groups is 2. The second-order valence-corrected chi connectivity index (χ2v) is 14.4. The zero-order valence-corrected chi connectivity index (χ0v) is 28.7. The summed E-state index contributed by atoms with van der Waals surface area (Å²) in [6, 6.07) is 7.46. The third-order valence-corrected chi connectivity index (χ3v) is 10.5. The summed E-state index contributed by atoms with van der Waals surface area (Å²) in [6.45, 7) is 4.51. The second kappa shape index (κ2) is 13.3. The van der Waals surface area contributed by atoms with E-state index in [0.29, 0.717) is 29.9 Å². The van der Waals surface area contributed by atoms with Crippen LogP contribution in [0.1, 0.15) is 102 Å². The zero-order chi connectivity index (χ0) is 36.9. The molecule has 2 saturated heterocycles. The van der Waals surface area contributed by atoms with Gasteiger partial charge < -0.3 is 10.2 Å². The number of benzene rings is 2. The Morgan fingerprint density at radius 3 is 2.38 bits per heavy atom. The molecule has 4 heterocycles. The predicted octanol–water partition coefficient (Wildman–Crippen LogP) is 5.21. The van der Waals surface area contributed by atoms with Crippen LogP contribution in [-0.2, 0) is 26.1 Å². The molecule has 1 atom stereocenters. The maximum atomic E-state index is 13.6. The molecule has 1 unspecified atom stereocenters. The molecule has 52 heavy (non-hydrogen) atoms. The molecule has 1 saturated carbocycles. The molecule has 3 aromatic rings. The molecule has 0 spiro atoms. The molecule has 2 aromatic carbocycles. The van der Waals surface area contributed by atoms with Crippen molar-refractivity contribution in [3.8, 4) is 11.8 Å². The fourth-order valence-corrected chi connectivity index (χ4v) is 7.30. The van der Waals surface area contributed by atoms with Crippen molar-refractivity contribution in [2.75, 3.05) is 23.3 Å². The van der Waals surface area contributed by atoms with Crippen molar-refractivity contribution in [3.63, 3.8) is 0 Å². The number of nitrogens with one attached hydrogen (secondary N) is 2. The van der Waals surface area contributed by atoms with E-state index in [2.05, 4.69) is 27.6 Å². The van der Waals surface area contributed by atoms with E-state index in [-0.39, 0.29) is 35.8 Å². The summed E-state index contributed by atoms with van der Waals surface area (Å²) >= 11 is 0. The first-order chi connectivity index (χ1) is 24.7. The van der Waals surface area contributed by atoms with Crippen LogP contribution < -0.4 is 15.5 Å². The number of carbonyl (C=O) groups is 5. The molecule has 5 amide bonds. The van der Waals surface area contributed by atoms with Gasteiger partial charge in [-0.25, -0.2) is 0 Å². The summed E-state index contributed by atoms with van der Waals surface area (Å²) in [5.41, 5.74) is 0.736. The Kier molecular flexibility index (Phi) is 8.92. The number of hydrogen-bond acceptors (Lipinski definition) is 7. The molecule has 3 aliphatic heterocycles.